The summed E-state index contributed by atoms with van der Waals surface area (Å²) in [5, 5.41) is 2.91. The summed E-state index contributed by atoms with van der Waals surface area (Å²) in [6.45, 7) is 0. The zero-order valence-corrected chi connectivity index (χ0v) is 10.7. The van der Waals surface area contributed by atoms with Crippen molar-refractivity contribution < 1.29 is 9.21 Å². The Morgan fingerprint density at radius 3 is 2.40 bits per heavy atom. The van der Waals surface area contributed by atoms with E-state index in [2.05, 4.69) is 5.32 Å². The van der Waals surface area contributed by atoms with Gasteiger partial charge in [0, 0.05) is 11.3 Å². The number of rotatable bonds is 3. The Morgan fingerprint density at radius 1 is 0.900 bits per heavy atom. The van der Waals surface area contributed by atoms with E-state index in [0.717, 1.165) is 16.8 Å². The minimum atomic E-state index is -0.179. The van der Waals surface area contributed by atoms with Crippen LogP contribution >= 0.6 is 0 Å². The molecule has 1 aromatic heterocycles. The van der Waals surface area contributed by atoms with E-state index >= 15 is 0 Å². The molecule has 1 N–H and O–H groups in total. The van der Waals surface area contributed by atoms with E-state index in [1.807, 2.05) is 54.6 Å². The van der Waals surface area contributed by atoms with Crippen molar-refractivity contribution in [3.63, 3.8) is 0 Å². The average molecular weight is 263 g/mol. The van der Waals surface area contributed by atoms with E-state index in [4.69, 9.17) is 4.42 Å². The lowest BCUT2D eigenvalue weighted by Crippen LogP contribution is -2.11. The summed E-state index contributed by atoms with van der Waals surface area (Å²) in [7, 11) is 0. The molecule has 0 saturated heterocycles. The van der Waals surface area contributed by atoms with Gasteiger partial charge in [0.1, 0.15) is 6.26 Å². The molecule has 0 unspecified atom stereocenters. The number of hydrogen-bond donors (Lipinski definition) is 1. The third-order valence-electron chi connectivity index (χ3n) is 3.04. The molecular weight excluding hydrogens is 250 g/mol. The maximum absolute atomic E-state index is 12.1. The summed E-state index contributed by atoms with van der Waals surface area (Å²) in [6.07, 6.45) is 2.92. The summed E-state index contributed by atoms with van der Waals surface area (Å²) in [6, 6.07) is 19.3. The fourth-order valence-electron chi connectivity index (χ4n) is 2.05. The standard InChI is InChI=1S/C17H13NO2/c19-17(14-10-11-20-12-14)18-16-9-5-4-8-15(16)13-6-2-1-3-7-13/h1-12H,(H,18,19). The van der Waals surface area contributed by atoms with Gasteiger partial charge in [0.2, 0.25) is 0 Å². The van der Waals surface area contributed by atoms with Crippen LogP contribution in [0.15, 0.2) is 77.6 Å². The quantitative estimate of drug-likeness (QED) is 0.769. The summed E-state index contributed by atoms with van der Waals surface area (Å²) < 4.78 is 4.93. The molecule has 3 heteroatoms. The van der Waals surface area contributed by atoms with Gasteiger partial charge in [-0.1, -0.05) is 48.5 Å². The zero-order chi connectivity index (χ0) is 13.8. The first-order valence-electron chi connectivity index (χ1n) is 6.32. The molecule has 0 spiro atoms. The Kier molecular flexibility index (Phi) is 3.33. The van der Waals surface area contributed by atoms with Gasteiger partial charge in [-0.05, 0) is 17.7 Å². The van der Waals surface area contributed by atoms with E-state index in [0.29, 0.717) is 5.56 Å². The molecule has 1 amide bonds. The lowest BCUT2D eigenvalue weighted by Gasteiger charge is -2.10. The first-order chi connectivity index (χ1) is 9.84. The van der Waals surface area contributed by atoms with Gasteiger partial charge in [-0.25, -0.2) is 0 Å². The normalized spacial score (nSPS) is 10.2. The highest BCUT2D eigenvalue weighted by atomic mass is 16.3. The van der Waals surface area contributed by atoms with Crippen molar-refractivity contribution in [1.82, 2.24) is 0 Å². The number of carbonyl (C=O) groups is 1. The van der Waals surface area contributed by atoms with Gasteiger partial charge < -0.3 is 9.73 Å². The number of hydrogen-bond acceptors (Lipinski definition) is 2. The molecule has 0 atom stereocenters. The van der Waals surface area contributed by atoms with E-state index < -0.39 is 0 Å². The van der Waals surface area contributed by atoms with Crippen molar-refractivity contribution >= 4 is 11.6 Å². The Balaban J connectivity index is 1.93. The van der Waals surface area contributed by atoms with Gasteiger partial charge in [0.25, 0.3) is 5.91 Å². The molecule has 98 valence electrons. The Hall–Kier alpha value is -2.81. The lowest BCUT2D eigenvalue weighted by molar-refractivity contribution is 0.102. The molecule has 3 nitrogen and oxygen atoms in total. The second-order valence-corrected chi connectivity index (χ2v) is 4.38. The maximum atomic E-state index is 12.1. The highest BCUT2D eigenvalue weighted by molar-refractivity contribution is 6.06. The van der Waals surface area contributed by atoms with Gasteiger partial charge in [0.15, 0.2) is 0 Å². The minimum absolute atomic E-state index is 0.179. The number of benzene rings is 2. The third-order valence-corrected chi connectivity index (χ3v) is 3.04. The highest BCUT2D eigenvalue weighted by Crippen LogP contribution is 2.27. The van der Waals surface area contributed by atoms with Gasteiger partial charge in [0.05, 0.1) is 11.8 Å². The number of carbonyl (C=O) groups excluding carboxylic acids is 1. The van der Waals surface area contributed by atoms with Crippen molar-refractivity contribution in [3.8, 4) is 11.1 Å². The molecule has 3 rings (SSSR count). The Morgan fingerprint density at radius 2 is 1.65 bits per heavy atom. The van der Waals surface area contributed by atoms with Crippen LogP contribution in [-0.2, 0) is 0 Å². The van der Waals surface area contributed by atoms with Crippen LogP contribution in [0.3, 0.4) is 0 Å². The van der Waals surface area contributed by atoms with Crippen LogP contribution < -0.4 is 5.32 Å². The molecule has 0 aliphatic rings. The predicted molar refractivity (Wildman–Crippen MR) is 78.5 cm³/mol. The maximum Gasteiger partial charge on any atom is 0.258 e. The predicted octanol–water partition coefficient (Wildman–Crippen LogP) is 4.20. The van der Waals surface area contributed by atoms with Gasteiger partial charge >= 0.3 is 0 Å². The van der Waals surface area contributed by atoms with Gasteiger partial charge in [-0.15, -0.1) is 0 Å². The fraction of sp³-hybridized carbons (Fsp3) is 0. The Labute approximate surface area is 116 Å². The molecule has 2 aromatic carbocycles. The number of amides is 1. The number of nitrogens with one attached hydrogen (secondary N) is 1. The molecule has 0 aliphatic heterocycles. The lowest BCUT2D eigenvalue weighted by atomic mass is 10.0. The second-order valence-electron chi connectivity index (χ2n) is 4.38. The van der Waals surface area contributed by atoms with E-state index in [1.165, 1.54) is 12.5 Å². The van der Waals surface area contributed by atoms with Crippen molar-refractivity contribution in [1.29, 1.82) is 0 Å². The largest absolute Gasteiger partial charge is 0.472 e. The number of furan rings is 1. The summed E-state index contributed by atoms with van der Waals surface area (Å²) >= 11 is 0. The van der Waals surface area contributed by atoms with Crippen LogP contribution in [0.25, 0.3) is 11.1 Å². The van der Waals surface area contributed by atoms with Crippen LogP contribution in [0.5, 0.6) is 0 Å². The van der Waals surface area contributed by atoms with E-state index in [1.54, 1.807) is 6.07 Å². The van der Waals surface area contributed by atoms with Gasteiger partial charge in [-0.2, -0.15) is 0 Å². The first kappa shape index (κ1) is 12.2. The monoisotopic (exact) mass is 263 g/mol. The molecular formula is C17H13NO2. The molecule has 0 radical (unpaired) electrons. The number of anilines is 1. The van der Waals surface area contributed by atoms with Crippen LogP contribution in [-0.4, -0.2) is 5.91 Å². The van der Waals surface area contributed by atoms with Crippen molar-refractivity contribution in [2.45, 2.75) is 0 Å². The van der Waals surface area contributed by atoms with E-state index in [9.17, 15) is 4.79 Å². The van der Waals surface area contributed by atoms with Crippen LogP contribution in [0.1, 0.15) is 10.4 Å². The fourth-order valence-corrected chi connectivity index (χ4v) is 2.05. The summed E-state index contributed by atoms with van der Waals surface area (Å²) in [5.74, 6) is -0.179. The molecule has 0 fully saturated rings. The number of para-hydroxylation sites is 1. The molecule has 3 aromatic rings. The minimum Gasteiger partial charge on any atom is -0.472 e. The smallest absolute Gasteiger partial charge is 0.258 e. The van der Waals surface area contributed by atoms with Crippen LogP contribution in [0.4, 0.5) is 5.69 Å². The molecule has 20 heavy (non-hydrogen) atoms. The molecule has 1 heterocycles. The summed E-state index contributed by atoms with van der Waals surface area (Å²) in [4.78, 5) is 12.1. The summed E-state index contributed by atoms with van der Waals surface area (Å²) in [5.41, 5.74) is 3.35. The highest BCUT2D eigenvalue weighted by Gasteiger charge is 2.10. The van der Waals surface area contributed by atoms with Crippen molar-refractivity contribution in [2.75, 3.05) is 5.32 Å². The van der Waals surface area contributed by atoms with Crippen LogP contribution in [0, 0.1) is 0 Å². The van der Waals surface area contributed by atoms with Crippen LogP contribution in [0.2, 0.25) is 0 Å². The van der Waals surface area contributed by atoms with Crippen molar-refractivity contribution in [3.05, 3.63) is 78.8 Å². The molecule has 0 bridgehead atoms. The van der Waals surface area contributed by atoms with E-state index in [-0.39, 0.29) is 5.91 Å². The molecule has 0 aliphatic carbocycles. The average Bonchev–Trinajstić information content (AvgIpc) is 3.03. The SMILES string of the molecule is O=C(Nc1ccccc1-c1ccccc1)c1ccoc1. The third kappa shape index (κ3) is 2.47. The van der Waals surface area contributed by atoms with Gasteiger partial charge in [-0.3, -0.25) is 4.79 Å². The second kappa shape index (κ2) is 5.45. The molecule has 0 saturated carbocycles. The van der Waals surface area contributed by atoms with Crippen molar-refractivity contribution in [2.24, 2.45) is 0 Å². The zero-order valence-electron chi connectivity index (χ0n) is 10.7. The Bertz CT molecular complexity index is 703. The first-order valence-corrected chi connectivity index (χ1v) is 6.32. The topological polar surface area (TPSA) is 42.2 Å².